The summed E-state index contributed by atoms with van der Waals surface area (Å²) in [5, 5.41) is 3.42. The van der Waals surface area contributed by atoms with Gasteiger partial charge in [0.1, 0.15) is 16.5 Å². The molecule has 0 aliphatic heterocycles. The average Bonchev–Trinajstić information content (AvgIpc) is 3.19. The number of methoxy groups -OCH3 is 1. The number of hydrogen-bond acceptors (Lipinski definition) is 5. The van der Waals surface area contributed by atoms with Gasteiger partial charge in [-0.2, -0.15) is 0 Å². The van der Waals surface area contributed by atoms with E-state index in [9.17, 15) is 4.79 Å². The van der Waals surface area contributed by atoms with Gasteiger partial charge in [0, 0.05) is 10.9 Å². The van der Waals surface area contributed by atoms with Crippen LogP contribution >= 0.6 is 34.5 Å². The molecule has 0 N–H and O–H groups in total. The van der Waals surface area contributed by atoms with Gasteiger partial charge in [0.05, 0.1) is 23.6 Å². The Bertz CT molecular complexity index is 857. The Hall–Kier alpha value is -1.82. The van der Waals surface area contributed by atoms with E-state index >= 15 is 0 Å². The second-order valence-electron chi connectivity index (χ2n) is 4.64. The minimum atomic E-state index is -0.322. The molecular formula is C16H11Cl2NO3S. The highest BCUT2D eigenvalue weighted by Crippen LogP contribution is 2.36. The number of esters is 1. The first-order valence-electron chi connectivity index (χ1n) is 6.64. The van der Waals surface area contributed by atoms with Gasteiger partial charge in [-0.05, 0) is 24.3 Å². The SMILES string of the molecule is COC(=O)Cc1nc(-c2ccc(-c3cccc(Cl)c3Cl)o2)cs1. The molecule has 0 amide bonds. The Morgan fingerprint density at radius 2 is 2.04 bits per heavy atom. The summed E-state index contributed by atoms with van der Waals surface area (Å²) in [6.45, 7) is 0. The van der Waals surface area contributed by atoms with Crippen molar-refractivity contribution in [2.24, 2.45) is 0 Å². The molecule has 23 heavy (non-hydrogen) atoms. The fourth-order valence-corrected chi connectivity index (χ4v) is 3.18. The van der Waals surface area contributed by atoms with Crippen LogP contribution in [0.3, 0.4) is 0 Å². The molecule has 0 unspecified atom stereocenters. The number of furan rings is 1. The first kappa shape index (κ1) is 16.1. The first-order chi connectivity index (χ1) is 11.1. The van der Waals surface area contributed by atoms with Crippen LogP contribution in [0.4, 0.5) is 0 Å². The summed E-state index contributed by atoms with van der Waals surface area (Å²) in [5.74, 6) is 0.884. The number of aromatic nitrogens is 1. The van der Waals surface area contributed by atoms with E-state index in [1.807, 2.05) is 29.6 Å². The van der Waals surface area contributed by atoms with Crippen LogP contribution in [0.5, 0.6) is 0 Å². The van der Waals surface area contributed by atoms with Gasteiger partial charge in [0.25, 0.3) is 0 Å². The van der Waals surface area contributed by atoms with Crippen molar-refractivity contribution in [2.45, 2.75) is 6.42 Å². The Morgan fingerprint density at radius 3 is 2.83 bits per heavy atom. The van der Waals surface area contributed by atoms with Crippen LogP contribution in [0.15, 0.2) is 40.1 Å². The minimum Gasteiger partial charge on any atom is -0.469 e. The number of halogens is 2. The van der Waals surface area contributed by atoms with Gasteiger partial charge in [-0.15, -0.1) is 11.3 Å². The zero-order chi connectivity index (χ0) is 16.4. The summed E-state index contributed by atoms with van der Waals surface area (Å²) in [5.41, 5.74) is 1.38. The van der Waals surface area contributed by atoms with E-state index in [1.165, 1.54) is 18.4 Å². The highest BCUT2D eigenvalue weighted by atomic mass is 35.5. The Balaban J connectivity index is 1.87. The second kappa shape index (κ2) is 6.74. The van der Waals surface area contributed by atoms with Crippen molar-refractivity contribution < 1.29 is 13.9 Å². The van der Waals surface area contributed by atoms with Crippen molar-refractivity contribution in [3.63, 3.8) is 0 Å². The van der Waals surface area contributed by atoms with Crippen LogP contribution < -0.4 is 0 Å². The third kappa shape index (κ3) is 3.42. The normalized spacial score (nSPS) is 10.7. The van der Waals surface area contributed by atoms with Crippen molar-refractivity contribution in [1.82, 2.24) is 4.98 Å². The van der Waals surface area contributed by atoms with Crippen LogP contribution in [-0.2, 0) is 16.0 Å². The largest absolute Gasteiger partial charge is 0.469 e. The van der Waals surface area contributed by atoms with E-state index in [2.05, 4.69) is 9.72 Å². The zero-order valence-electron chi connectivity index (χ0n) is 12.0. The average molecular weight is 368 g/mol. The van der Waals surface area contributed by atoms with E-state index in [1.54, 1.807) is 6.07 Å². The predicted octanol–water partition coefficient (Wildman–Crippen LogP) is 5.09. The molecule has 0 bridgehead atoms. The molecule has 0 spiro atoms. The molecular weight excluding hydrogens is 357 g/mol. The topological polar surface area (TPSA) is 52.3 Å². The fraction of sp³-hybridized carbons (Fsp3) is 0.125. The molecule has 3 aromatic rings. The quantitative estimate of drug-likeness (QED) is 0.602. The van der Waals surface area contributed by atoms with E-state index in [0.29, 0.717) is 32.3 Å². The van der Waals surface area contributed by atoms with E-state index < -0.39 is 0 Å². The first-order valence-corrected chi connectivity index (χ1v) is 8.28. The smallest absolute Gasteiger partial charge is 0.312 e. The molecule has 0 saturated carbocycles. The third-order valence-electron chi connectivity index (χ3n) is 3.15. The summed E-state index contributed by atoms with van der Waals surface area (Å²) in [7, 11) is 1.35. The van der Waals surface area contributed by atoms with Crippen LogP contribution in [0.2, 0.25) is 10.0 Å². The highest BCUT2D eigenvalue weighted by molar-refractivity contribution is 7.10. The standard InChI is InChI=1S/C16H11Cl2NO3S/c1-21-15(20)7-14-19-11(8-23-14)13-6-5-12(22-13)9-3-2-4-10(17)16(9)18/h2-6,8H,7H2,1H3. The second-order valence-corrected chi connectivity index (χ2v) is 6.37. The van der Waals surface area contributed by atoms with Crippen LogP contribution in [-0.4, -0.2) is 18.1 Å². The maximum absolute atomic E-state index is 11.3. The molecule has 4 nitrogen and oxygen atoms in total. The van der Waals surface area contributed by atoms with Gasteiger partial charge in [-0.25, -0.2) is 4.98 Å². The molecule has 118 valence electrons. The minimum absolute atomic E-state index is 0.148. The van der Waals surface area contributed by atoms with Crippen molar-refractivity contribution in [2.75, 3.05) is 7.11 Å². The van der Waals surface area contributed by atoms with E-state index in [4.69, 9.17) is 27.6 Å². The molecule has 0 atom stereocenters. The number of ether oxygens (including phenoxy) is 1. The van der Waals surface area contributed by atoms with Crippen LogP contribution in [0, 0.1) is 0 Å². The number of carbonyl (C=O) groups is 1. The van der Waals surface area contributed by atoms with Crippen molar-refractivity contribution >= 4 is 40.5 Å². The zero-order valence-corrected chi connectivity index (χ0v) is 14.3. The predicted molar refractivity (Wildman–Crippen MR) is 91.0 cm³/mol. The van der Waals surface area contributed by atoms with Gasteiger partial charge in [-0.1, -0.05) is 29.3 Å². The lowest BCUT2D eigenvalue weighted by atomic mass is 10.2. The third-order valence-corrected chi connectivity index (χ3v) is 4.82. The molecule has 0 aliphatic carbocycles. The summed E-state index contributed by atoms with van der Waals surface area (Å²) < 4.78 is 10.5. The van der Waals surface area contributed by atoms with Gasteiger partial charge >= 0.3 is 5.97 Å². The van der Waals surface area contributed by atoms with Gasteiger partial charge < -0.3 is 9.15 Å². The number of carbonyl (C=O) groups excluding carboxylic acids is 1. The van der Waals surface area contributed by atoms with Crippen LogP contribution in [0.25, 0.3) is 22.8 Å². The Morgan fingerprint density at radius 1 is 1.26 bits per heavy atom. The molecule has 0 radical (unpaired) electrons. The number of rotatable bonds is 4. The molecule has 2 heterocycles. The fourth-order valence-electron chi connectivity index (χ4n) is 2.02. The van der Waals surface area contributed by atoms with Crippen molar-refractivity contribution in [1.29, 1.82) is 0 Å². The van der Waals surface area contributed by atoms with E-state index in [0.717, 1.165) is 5.56 Å². The molecule has 0 aliphatic rings. The number of nitrogens with zero attached hydrogens (tertiary/aromatic N) is 1. The molecule has 2 aromatic heterocycles. The number of hydrogen-bond donors (Lipinski definition) is 0. The lowest BCUT2D eigenvalue weighted by molar-refractivity contribution is -0.139. The maximum Gasteiger partial charge on any atom is 0.312 e. The molecule has 1 aromatic carbocycles. The van der Waals surface area contributed by atoms with Gasteiger partial charge in [0.15, 0.2) is 5.76 Å². The molecule has 3 rings (SSSR count). The summed E-state index contributed by atoms with van der Waals surface area (Å²) in [4.78, 5) is 15.7. The number of benzene rings is 1. The monoisotopic (exact) mass is 367 g/mol. The van der Waals surface area contributed by atoms with Crippen molar-refractivity contribution in [3.8, 4) is 22.8 Å². The Kier molecular flexibility index (Phi) is 4.71. The lowest BCUT2D eigenvalue weighted by Crippen LogP contribution is -2.03. The van der Waals surface area contributed by atoms with Gasteiger partial charge in [0.2, 0.25) is 0 Å². The number of thiazole rings is 1. The van der Waals surface area contributed by atoms with Gasteiger partial charge in [-0.3, -0.25) is 4.79 Å². The summed E-state index contributed by atoms with van der Waals surface area (Å²) >= 11 is 13.6. The van der Waals surface area contributed by atoms with Crippen molar-refractivity contribution in [3.05, 3.63) is 50.8 Å². The summed E-state index contributed by atoms with van der Waals surface area (Å²) in [6.07, 6.45) is 0.148. The highest BCUT2D eigenvalue weighted by Gasteiger charge is 2.14. The molecule has 0 saturated heterocycles. The van der Waals surface area contributed by atoms with Crippen LogP contribution in [0.1, 0.15) is 5.01 Å². The maximum atomic E-state index is 11.3. The lowest BCUT2D eigenvalue weighted by Gasteiger charge is -2.02. The Labute approximate surface area is 146 Å². The van der Waals surface area contributed by atoms with E-state index in [-0.39, 0.29) is 12.4 Å². The molecule has 7 heteroatoms. The molecule has 0 fully saturated rings. The summed E-state index contributed by atoms with van der Waals surface area (Å²) in [6, 6.07) is 8.98.